The molecule has 2 rings (SSSR count). The summed E-state index contributed by atoms with van der Waals surface area (Å²) < 4.78 is 0. The number of anilines is 1. The maximum Gasteiger partial charge on any atom is 0.161 e. The number of benzene rings is 1. The van der Waals surface area contributed by atoms with E-state index in [0.717, 1.165) is 42.3 Å². The zero-order chi connectivity index (χ0) is 15.2. The monoisotopic (exact) mass is 283 g/mol. The van der Waals surface area contributed by atoms with Gasteiger partial charge in [0, 0.05) is 23.9 Å². The minimum Gasteiger partial charge on any atom is -0.370 e. The van der Waals surface area contributed by atoms with Crippen molar-refractivity contribution in [3.8, 4) is 11.4 Å². The topological polar surface area (TPSA) is 37.8 Å². The van der Waals surface area contributed by atoms with Crippen molar-refractivity contribution in [2.24, 2.45) is 5.92 Å². The molecule has 1 N–H and O–H groups in total. The molecule has 0 aliphatic rings. The Morgan fingerprint density at radius 3 is 2.33 bits per heavy atom. The molecule has 0 amide bonds. The molecular weight excluding hydrogens is 258 g/mol. The quantitative estimate of drug-likeness (QED) is 0.857. The molecule has 0 spiro atoms. The van der Waals surface area contributed by atoms with Crippen LogP contribution in [0.1, 0.15) is 39.0 Å². The smallest absolute Gasteiger partial charge is 0.161 e. The number of nitrogens with zero attached hydrogens (tertiary/aromatic N) is 2. The van der Waals surface area contributed by atoms with Crippen LogP contribution in [0.15, 0.2) is 30.3 Å². The van der Waals surface area contributed by atoms with Crippen molar-refractivity contribution in [2.75, 3.05) is 11.9 Å². The predicted octanol–water partition coefficient (Wildman–Crippen LogP) is 4.34. The number of rotatable bonds is 6. The molecule has 21 heavy (non-hydrogen) atoms. The molecule has 1 aromatic carbocycles. The van der Waals surface area contributed by atoms with Gasteiger partial charge in [-0.1, -0.05) is 45.0 Å². The van der Waals surface area contributed by atoms with E-state index >= 15 is 0 Å². The number of hydrogen-bond acceptors (Lipinski definition) is 3. The summed E-state index contributed by atoms with van der Waals surface area (Å²) in [6.07, 6.45) is 2.03. The van der Waals surface area contributed by atoms with Gasteiger partial charge < -0.3 is 5.32 Å². The van der Waals surface area contributed by atoms with Crippen LogP contribution in [0.25, 0.3) is 11.4 Å². The third-order valence-electron chi connectivity index (χ3n) is 3.37. The first-order valence-corrected chi connectivity index (χ1v) is 7.83. The molecule has 3 nitrogen and oxygen atoms in total. The molecule has 0 saturated carbocycles. The fraction of sp³-hybridized carbons (Fsp3) is 0.444. The first kappa shape index (κ1) is 15.5. The van der Waals surface area contributed by atoms with Crippen molar-refractivity contribution in [2.45, 2.75) is 40.5 Å². The molecule has 3 heteroatoms. The van der Waals surface area contributed by atoms with E-state index in [1.165, 1.54) is 5.56 Å². The van der Waals surface area contributed by atoms with Crippen molar-refractivity contribution in [1.29, 1.82) is 0 Å². The maximum atomic E-state index is 4.73. The summed E-state index contributed by atoms with van der Waals surface area (Å²) in [6.45, 7) is 9.54. The zero-order valence-corrected chi connectivity index (χ0v) is 13.5. The Kier molecular flexibility index (Phi) is 5.32. The third kappa shape index (κ3) is 4.28. The Morgan fingerprint density at radius 2 is 1.76 bits per heavy atom. The van der Waals surface area contributed by atoms with Crippen LogP contribution in [0.3, 0.4) is 0 Å². The van der Waals surface area contributed by atoms with Crippen LogP contribution >= 0.6 is 0 Å². The van der Waals surface area contributed by atoms with Gasteiger partial charge in [0.15, 0.2) is 5.82 Å². The van der Waals surface area contributed by atoms with E-state index in [-0.39, 0.29) is 0 Å². The lowest BCUT2D eigenvalue weighted by atomic mass is 10.1. The lowest BCUT2D eigenvalue weighted by Crippen LogP contribution is -2.06. The summed E-state index contributed by atoms with van der Waals surface area (Å²) in [5, 5.41) is 3.30. The lowest BCUT2D eigenvalue weighted by Gasteiger charge is -2.11. The number of aromatic nitrogens is 2. The standard InChI is InChI=1S/C18H25N3/c1-5-14-7-9-15(10-8-14)18-20-16(11-13(3)4)12-17(21-18)19-6-2/h7-10,12-13H,5-6,11H2,1-4H3,(H,19,20,21). The van der Waals surface area contributed by atoms with Gasteiger partial charge >= 0.3 is 0 Å². The van der Waals surface area contributed by atoms with E-state index in [9.17, 15) is 0 Å². The summed E-state index contributed by atoms with van der Waals surface area (Å²) in [7, 11) is 0. The van der Waals surface area contributed by atoms with Crippen LogP contribution in [0, 0.1) is 5.92 Å². The number of hydrogen-bond donors (Lipinski definition) is 1. The Bertz CT molecular complexity index is 574. The van der Waals surface area contributed by atoms with Gasteiger partial charge in [-0.2, -0.15) is 0 Å². The molecule has 0 aliphatic heterocycles. The van der Waals surface area contributed by atoms with E-state index in [0.29, 0.717) is 5.92 Å². The van der Waals surface area contributed by atoms with Crippen molar-refractivity contribution >= 4 is 5.82 Å². The molecular formula is C18H25N3. The average molecular weight is 283 g/mol. The highest BCUT2D eigenvalue weighted by Crippen LogP contribution is 2.20. The van der Waals surface area contributed by atoms with Gasteiger partial charge in [-0.25, -0.2) is 9.97 Å². The van der Waals surface area contributed by atoms with Crippen LogP contribution in [0.5, 0.6) is 0 Å². The normalized spacial score (nSPS) is 10.9. The van der Waals surface area contributed by atoms with Crippen molar-refractivity contribution < 1.29 is 0 Å². The summed E-state index contributed by atoms with van der Waals surface area (Å²) >= 11 is 0. The van der Waals surface area contributed by atoms with Gasteiger partial charge in [0.25, 0.3) is 0 Å². The highest BCUT2D eigenvalue weighted by molar-refractivity contribution is 5.58. The van der Waals surface area contributed by atoms with E-state index in [1.807, 2.05) is 0 Å². The first-order valence-electron chi connectivity index (χ1n) is 7.83. The van der Waals surface area contributed by atoms with Crippen molar-refractivity contribution in [1.82, 2.24) is 9.97 Å². The van der Waals surface area contributed by atoms with Gasteiger partial charge in [0.05, 0.1) is 0 Å². The highest BCUT2D eigenvalue weighted by atomic mass is 15.0. The lowest BCUT2D eigenvalue weighted by molar-refractivity contribution is 0.635. The molecule has 0 unspecified atom stereocenters. The molecule has 0 bridgehead atoms. The second-order valence-corrected chi connectivity index (χ2v) is 5.75. The summed E-state index contributed by atoms with van der Waals surface area (Å²) in [5.41, 5.74) is 3.52. The number of nitrogens with one attached hydrogen (secondary N) is 1. The summed E-state index contributed by atoms with van der Waals surface area (Å²) in [5.74, 6) is 2.31. The van der Waals surface area contributed by atoms with Crippen molar-refractivity contribution in [3.63, 3.8) is 0 Å². The van der Waals surface area contributed by atoms with E-state index in [2.05, 4.69) is 68.3 Å². The molecule has 0 saturated heterocycles. The predicted molar refractivity (Wildman–Crippen MR) is 89.6 cm³/mol. The van der Waals surface area contributed by atoms with E-state index in [1.54, 1.807) is 0 Å². The first-order chi connectivity index (χ1) is 10.1. The van der Waals surface area contributed by atoms with Gasteiger partial charge in [-0.05, 0) is 31.2 Å². The van der Waals surface area contributed by atoms with Gasteiger partial charge in [-0.15, -0.1) is 0 Å². The largest absolute Gasteiger partial charge is 0.370 e. The van der Waals surface area contributed by atoms with Gasteiger partial charge in [-0.3, -0.25) is 0 Å². The van der Waals surface area contributed by atoms with Crippen LogP contribution in [-0.2, 0) is 12.8 Å². The summed E-state index contributed by atoms with van der Waals surface area (Å²) in [4.78, 5) is 9.36. The Balaban J connectivity index is 2.37. The Labute approximate surface area is 127 Å². The van der Waals surface area contributed by atoms with Crippen molar-refractivity contribution in [3.05, 3.63) is 41.6 Å². The molecule has 1 aromatic heterocycles. The molecule has 0 fully saturated rings. The Hall–Kier alpha value is -1.90. The average Bonchev–Trinajstić information content (AvgIpc) is 2.47. The minimum absolute atomic E-state index is 0.588. The van der Waals surface area contributed by atoms with Crippen LogP contribution in [0.4, 0.5) is 5.82 Å². The Morgan fingerprint density at radius 1 is 1.05 bits per heavy atom. The third-order valence-corrected chi connectivity index (χ3v) is 3.37. The molecule has 0 atom stereocenters. The molecule has 0 radical (unpaired) electrons. The SMILES string of the molecule is CCNc1cc(CC(C)C)nc(-c2ccc(CC)cc2)n1. The number of aryl methyl sites for hydroxylation is 1. The fourth-order valence-corrected chi connectivity index (χ4v) is 2.31. The minimum atomic E-state index is 0.588. The summed E-state index contributed by atoms with van der Waals surface area (Å²) in [6, 6.07) is 10.6. The fourth-order valence-electron chi connectivity index (χ4n) is 2.31. The molecule has 112 valence electrons. The zero-order valence-electron chi connectivity index (χ0n) is 13.5. The molecule has 1 heterocycles. The molecule has 0 aliphatic carbocycles. The van der Waals surface area contributed by atoms with Crippen LogP contribution in [-0.4, -0.2) is 16.5 Å². The van der Waals surface area contributed by atoms with E-state index in [4.69, 9.17) is 4.98 Å². The molecule has 2 aromatic rings. The van der Waals surface area contributed by atoms with Crippen LogP contribution in [0.2, 0.25) is 0 Å². The second kappa shape index (κ2) is 7.21. The van der Waals surface area contributed by atoms with Gasteiger partial charge in [0.1, 0.15) is 5.82 Å². The highest BCUT2D eigenvalue weighted by Gasteiger charge is 2.08. The van der Waals surface area contributed by atoms with E-state index < -0.39 is 0 Å². The van der Waals surface area contributed by atoms with Gasteiger partial charge in [0.2, 0.25) is 0 Å². The second-order valence-electron chi connectivity index (χ2n) is 5.75. The van der Waals surface area contributed by atoms with Crippen LogP contribution < -0.4 is 5.32 Å². The maximum absolute atomic E-state index is 4.73.